The van der Waals surface area contributed by atoms with Gasteiger partial charge >= 0.3 is 5.57 Å². The molecule has 1 saturated heterocycles. The van der Waals surface area contributed by atoms with Crippen LogP contribution in [0, 0.1) is 0 Å². The molecule has 0 radical (unpaired) electrons. The summed E-state index contributed by atoms with van der Waals surface area (Å²) >= 11 is 4.74. The first-order valence-corrected chi connectivity index (χ1v) is 9.99. The lowest BCUT2D eigenvalue weighted by atomic mass is 10.1. The smallest absolute Gasteiger partial charge is 0.420 e. The van der Waals surface area contributed by atoms with Gasteiger partial charge in [0, 0.05) is 48.0 Å². The number of alkyl halides is 4. The Labute approximate surface area is 186 Å². The van der Waals surface area contributed by atoms with E-state index in [1.165, 1.54) is 49.1 Å². The summed E-state index contributed by atoms with van der Waals surface area (Å²) in [7, 11) is 0. The third kappa shape index (κ3) is 5.25. The normalized spacial score (nSPS) is 16.1. The van der Waals surface area contributed by atoms with E-state index in [1.54, 1.807) is 6.07 Å². The zero-order chi connectivity index (χ0) is 22.7. The Hall–Kier alpha value is -3.40. The molecule has 0 aliphatic carbocycles. The van der Waals surface area contributed by atoms with E-state index >= 15 is 0 Å². The van der Waals surface area contributed by atoms with Crippen LogP contribution in [0.2, 0.25) is 0 Å². The zero-order valence-corrected chi connectivity index (χ0v) is 17.3. The van der Waals surface area contributed by atoms with Crippen LogP contribution in [0.15, 0.2) is 55.1 Å². The number of nitrogens with zero attached hydrogens (tertiary/aromatic N) is 4. The number of anilines is 2. The van der Waals surface area contributed by atoms with Crippen molar-refractivity contribution >= 4 is 29.0 Å². The highest BCUT2D eigenvalue weighted by Crippen LogP contribution is 2.31. The van der Waals surface area contributed by atoms with Crippen molar-refractivity contribution in [3.05, 3.63) is 60.7 Å². The average Bonchev–Trinajstić information content (AvgIpc) is 3.20. The molecule has 2 aromatic heterocycles. The number of carbonyl (C=O) groups excluding carboxylic acids is 1. The molecule has 11 heteroatoms. The number of pyridine rings is 1. The van der Waals surface area contributed by atoms with Crippen LogP contribution >= 0.6 is 11.6 Å². The van der Waals surface area contributed by atoms with Crippen LogP contribution < -0.4 is 15.0 Å². The van der Waals surface area contributed by atoms with Gasteiger partial charge in [0.25, 0.3) is 5.91 Å². The van der Waals surface area contributed by atoms with E-state index in [4.69, 9.17) is 11.6 Å². The van der Waals surface area contributed by atoms with E-state index in [-0.39, 0.29) is 17.9 Å². The molecule has 1 atom stereocenters. The maximum atomic E-state index is 13.7. The molecule has 0 bridgehead atoms. The van der Waals surface area contributed by atoms with Crippen molar-refractivity contribution in [1.29, 1.82) is 0 Å². The zero-order valence-electron chi connectivity index (χ0n) is 16.5. The molecule has 1 aromatic carbocycles. The summed E-state index contributed by atoms with van der Waals surface area (Å²) in [6.45, 7) is 0.713. The molecule has 1 aliphatic heterocycles. The summed E-state index contributed by atoms with van der Waals surface area (Å²) in [6, 6.07) is 6.90. The van der Waals surface area contributed by atoms with Crippen molar-refractivity contribution in [2.75, 3.05) is 23.3 Å². The summed E-state index contributed by atoms with van der Waals surface area (Å²) in [6.07, 6.45) is 5.42. The summed E-state index contributed by atoms with van der Waals surface area (Å²) in [4.78, 5) is 27.3. The Bertz CT molecular complexity index is 1100. The number of benzene rings is 1. The van der Waals surface area contributed by atoms with Gasteiger partial charge in [-0.2, -0.15) is 0 Å². The number of amides is 1. The second kappa shape index (κ2) is 8.99. The van der Waals surface area contributed by atoms with Crippen LogP contribution in [0.25, 0.3) is 11.3 Å². The van der Waals surface area contributed by atoms with Gasteiger partial charge in [0.2, 0.25) is 0 Å². The van der Waals surface area contributed by atoms with Gasteiger partial charge in [-0.3, -0.25) is 14.8 Å². The number of hydrogen-bond donors (Lipinski definition) is 1. The van der Waals surface area contributed by atoms with Gasteiger partial charge in [0.15, 0.2) is 0 Å². The van der Waals surface area contributed by atoms with E-state index in [0.717, 1.165) is 0 Å². The van der Waals surface area contributed by atoms with Crippen molar-refractivity contribution < 1.29 is 22.7 Å². The lowest BCUT2D eigenvalue weighted by Crippen LogP contribution is -2.23. The van der Waals surface area contributed by atoms with Crippen LogP contribution in [0.3, 0.4) is 0 Å². The Morgan fingerprint density at radius 1 is 1.19 bits per heavy atom. The van der Waals surface area contributed by atoms with Crippen molar-refractivity contribution in [2.24, 2.45) is 0 Å². The van der Waals surface area contributed by atoms with Crippen LogP contribution in [0.4, 0.5) is 24.7 Å². The van der Waals surface area contributed by atoms with Gasteiger partial charge < -0.3 is 15.0 Å². The van der Waals surface area contributed by atoms with Gasteiger partial charge in [-0.25, -0.2) is 9.37 Å². The van der Waals surface area contributed by atoms with Crippen molar-refractivity contribution in [3.63, 3.8) is 0 Å². The largest absolute Gasteiger partial charge is 0.487 e. The second-order valence-corrected chi connectivity index (χ2v) is 7.48. The fourth-order valence-electron chi connectivity index (χ4n) is 3.31. The quantitative estimate of drug-likeness (QED) is 0.542. The summed E-state index contributed by atoms with van der Waals surface area (Å²) in [5.41, 5.74) is -2.20. The Morgan fingerprint density at radius 3 is 2.59 bits per heavy atom. The summed E-state index contributed by atoms with van der Waals surface area (Å²) < 4.78 is 43.4. The maximum Gasteiger partial charge on any atom is 0.487 e. The van der Waals surface area contributed by atoms with E-state index in [2.05, 4.69) is 25.0 Å². The highest BCUT2D eigenvalue weighted by molar-refractivity contribution is 6.20. The molecule has 32 heavy (non-hydrogen) atoms. The van der Waals surface area contributed by atoms with Crippen LogP contribution in [-0.2, 0) is 0 Å². The molecule has 1 aliphatic rings. The molecule has 166 valence electrons. The Morgan fingerprint density at radius 2 is 1.97 bits per heavy atom. The Balaban J connectivity index is 1.57. The molecular formula is C21H17ClF3N5O2. The SMILES string of the molecule is O=C(Nc1ccc(OC(F)(F)Cl)cc1)c1cnc(N2CC[C@@H](F)C2)c(-c2cnccn2)c1. The first kappa shape index (κ1) is 21.8. The first-order valence-electron chi connectivity index (χ1n) is 9.61. The summed E-state index contributed by atoms with van der Waals surface area (Å²) in [5, 5.41) is 2.66. The lowest BCUT2D eigenvalue weighted by molar-refractivity contribution is -0.0964. The third-order valence-corrected chi connectivity index (χ3v) is 4.82. The van der Waals surface area contributed by atoms with Crippen molar-refractivity contribution in [3.8, 4) is 17.0 Å². The molecule has 1 fully saturated rings. The lowest BCUT2D eigenvalue weighted by Gasteiger charge is -2.20. The highest BCUT2D eigenvalue weighted by atomic mass is 35.5. The van der Waals surface area contributed by atoms with E-state index < -0.39 is 17.6 Å². The van der Waals surface area contributed by atoms with E-state index in [9.17, 15) is 18.0 Å². The van der Waals surface area contributed by atoms with Crippen LogP contribution in [-0.4, -0.2) is 45.7 Å². The minimum absolute atomic E-state index is 0.157. The molecule has 1 amide bonds. The van der Waals surface area contributed by atoms with E-state index in [0.29, 0.717) is 35.7 Å². The molecule has 1 N–H and O–H groups in total. The number of halogens is 4. The van der Waals surface area contributed by atoms with Crippen LogP contribution in [0.5, 0.6) is 5.75 Å². The maximum absolute atomic E-state index is 13.7. The molecule has 7 nitrogen and oxygen atoms in total. The van der Waals surface area contributed by atoms with Gasteiger partial charge in [-0.05, 0) is 36.8 Å². The second-order valence-electron chi connectivity index (χ2n) is 7.04. The molecule has 0 spiro atoms. The highest BCUT2D eigenvalue weighted by Gasteiger charge is 2.28. The average molecular weight is 464 g/mol. The summed E-state index contributed by atoms with van der Waals surface area (Å²) in [5.74, 6) is -0.114. The molecule has 3 heterocycles. The van der Waals surface area contributed by atoms with E-state index in [1.807, 2.05) is 4.90 Å². The van der Waals surface area contributed by atoms with Crippen molar-refractivity contribution in [1.82, 2.24) is 15.0 Å². The number of carbonyl (C=O) groups is 1. The molecule has 3 aromatic rings. The minimum Gasteiger partial charge on any atom is -0.420 e. The number of aromatic nitrogens is 3. The minimum atomic E-state index is -3.83. The van der Waals surface area contributed by atoms with Gasteiger partial charge in [0.1, 0.15) is 17.7 Å². The van der Waals surface area contributed by atoms with Gasteiger partial charge in [-0.1, -0.05) is 0 Å². The third-order valence-electron chi connectivity index (χ3n) is 4.74. The number of nitrogens with one attached hydrogen (secondary N) is 1. The monoisotopic (exact) mass is 463 g/mol. The topological polar surface area (TPSA) is 80.2 Å². The number of hydrogen-bond acceptors (Lipinski definition) is 6. The molecule has 4 rings (SSSR count). The fourth-order valence-corrected chi connectivity index (χ4v) is 3.40. The van der Waals surface area contributed by atoms with Gasteiger partial charge in [-0.15, -0.1) is 8.78 Å². The van der Waals surface area contributed by atoms with Crippen LogP contribution in [0.1, 0.15) is 16.8 Å². The Kier molecular flexibility index (Phi) is 6.13. The number of ether oxygens (including phenoxy) is 1. The number of rotatable bonds is 6. The molecule has 0 unspecified atom stereocenters. The molecule has 0 saturated carbocycles. The predicted octanol–water partition coefficient (Wildman–Crippen LogP) is 4.51. The van der Waals surface area contributed by atoms with Crippen molar-refractivity contribution in [2.45, 2.75) is 18.2 Å². The van der Waals surface area contributed by atoms with Gasteiger partial charge in [0.05, 0.1) is 24.0 Å². The predicted molar refractivity (Wildman–Crippen MR) is 113 cm³/mol. The first-order chi connectivity index (χ1) is 15.3. The standard InChI is InChI=1S/C21H17ClF3N5O2/c22-21(24,25)32-16-3-1-15(2-4-16)29-20(31)13-9-17(18-11-26-6-7-27-18)19(28-10-13)30-8-5-14(23)12-30/h1-4,6-7,9-11,14H,5,8,12H2,(H,29,31)/t14-/m1/s1. The molecular weight excluding hydrogens is 447 g/mol. The fraction of sp³-hybridized carbons (Fsp3) is 0.238.